The molecule has 2 fully saturated rings. The molecule has 1 atom stereocenters. The van der Waals surface area contributed by atoms with Gasteiger partial charge in [-0.25, -0.2) is 22.1 Å². The van der Waals surface area contributed by atoms with Crippen molar-refractivity contribution in [2.75, 3.05) is 13.1 Å². The molecule has 1 unspecified atom stereocenters. The van der Waals surface area contributed by atoms with Gasteiger partial charge >= 0.3 is 0 Å². The molecule has 3 rings (SSSR count). The molecule has 2 heterocycles. The second-order valence-electron chi connectivity index (χ2n) is 5.34. The van der Waals surface area contributed by atoms with Crippen molar-refractivity contribution in [3.8, 4) is 11.8 Å². The predicted octanol–water partition coefficient (Wildman–Crippen LogP) is 2.04. The highest BCUT2D eigenvalue weighted by molar-refractivity contribution is 7.90. The maximum absolute atomic E-state index is 13.6. The minimum Gasteiger partial charge on any atom is -0.243 e. The molecular weight excluding hydrogens is 315 g/mol. The normalized spacial score (nSPS) is 22.9. The van der Waals surface area contributed by atoms with Crippen LogP contribution in [0.1, 0.15) is 24.8 Å². The van der Waals surface area contributed by atoms with Gasteiger partial charge in [-0.15, -0.1) is 0 Å². The van der Waals surface area contributed by atoms with Crippen molar-refractivity contribution in [2.45, 2.75) is 24.5 Å². The summed E-state index contributed by atoms with van der Waals surface area (Å²) in [4.78, 5) is 3.79. The van der Waals surface area contributed by atoms with Crippen LogP contribution in [0.3, 0.4) is 0 Å². The summed E-state index contributed by atoms with van der Waals surface area (Å²) in [5.41, 5.74) is 0.183. The van der Waals surface area contributed by atoms with Gasteiger partial charge in [0.2, 0.25) is 10.0 Å². The highest BCUT2D eigenvalue weighted by Crippen LogP contribution is 2.33. The summed E-state index contributed by atoms with van der Waals surface area (Å²) in [5, 5.41) is -0.109. The third-order valence-corrected chi connectivity index (χ3v) is 6.26. The maximum atomic E-state index is 13.6. The van der Waals surface area contributed by atoms with Crippen molar-refractivity contribution in [3.63, 3.8) is 0 Å². The van der Waals surface area contributed by atoms with Gasteiger partial charge in [-0.05, 0) is 19.3 Å². The van der Waals surface area contributed by atoms with E-state index < -0.39 is 15.8 Å². The number of halogens is 2. The van der Waals surface area contributed by atoms with Crippen LogP contribution in [0.15, 0.2) is 12.3 Å². The van der Waals surface area contributed by atoms with Gasteiger partial charge in [-0.2, -0.15) is 0 Å². The zero-order valence-corrected chi connectivity index (χ0v) is 12.8. The fourth-order valence-electron chi connectivity index (χ4n) is 2.33. The monoisotopic (exact) mass is 328 g/mol. The van der Waals surface area contributed by atoms with E-state index in [4.69, 9.17) is 11.6 Å². The van der Waals surface area contributed by atoms with Gasteiger partial charge in [-0.3, -0.25) is 0 Å². The smallest absolute Gasteiger partial charge is 0.217 e. The fourth-order valence-corrected chi connectivity index (χ4v) is 4.38. The van der Waals surface area contributed by atoms with Gasteiger partial charge in [0.05, 0.1) is 10.8 Å². The Hall–Kier alpha value is -1.16. The van der Waals surface area contributed by atoms with Gasteiger partial charge in [0, 0.05) is 31.3 Å². The van der Waals surface area contributed by atoms with Gasteiger partial charge < -0.3 is 0 Å². The predicted molar refractivity (Wildman–Crippen MR) is 77.7 cm³/mol. The molecule has 1 aromatic rings. The second kappa shape index (κ2) is 5.56. The van der Waals surface area contributed by atoms with Crippen molar-refractivity contribution in [3.05, 3.63) is 28.8 Å². The number of pyridine rings is 1. The molecule has 1 aliphatic heterocycles. The Morgan fingerprint density at radius 1 is 1.38 bits per heavy atom. The van der Waals surface area contributed by atoms with Crippen molar-refractivity contribution < 1.29 is 12.8 Å². The first-order valence-electron chi connectivity index (χ1n) is 6.78. The largest absolute Gasteiger partial charge is 0.243 e. The van der Waals surface area contributed by atoms with E-state index in [0.717, 1.165) is 18.9 Å². The van der Waals surface area contributed by atoms with E-state index in [9.17, 15) is 12.8 Å². The van der Waals surface area contributed by atoms with Crippen LogP contribution in [-0.4, -0.2) is 36.0 Å². The summed E-state index contributed by atoms with van der Waals surface area (Å²) in [5.74, 6) is 5.10. The Labute approximate surface area is 128 Å². The summed E-state index contributed by atoms with van der Waals surface area (Å²) in [6.07, 6.45) is 3.49. The Morgan fingerprint density at radius 3 is 2.81 bits per heavy atom. The molecule has 0 radical (unpaired) electrons. The molecule has 1 saturated carbocycles. The lowest BCUT2D eigenvalue weighted by Crippen LogP contribution is -2.31. The summed E-state index contributed by atoms with van der Waals surface area (Å²) in [6.45, 7) is 0.897. The highest BCUT2D eigenvalue weighted by Gasteiger charge is 2.42. The molecular formula is C14H14ClFN2O2S. The van der Waals surface area contributed by atoms with Crippen LogP contribution < -0.4 is 0 Å². The molecule has 0 N–H and O–H groups in total. The van der Waals surface area contributed by atoms with E-state index in [0.29, 0.717) is 19.5 Å². The van der Waals surface area contributed by atoms with Crippen LogP contribution in [0.2, 0.25) is 5.15 Å². The van der Waals surface area contributed by atoms with Crippen LogP contribution in [0.5, 0.6) is 0 Å². The van der Waals surface area contributed by atoms with Gasteiger partial charge in [0.1, 0.15) is 11.0 Å². The zero-order valence-electron chi connectivity index (χ0n) is 11.2. The Morgan fingerprint density at radius 2 is 2.14 bits per heavy atom. The second-order valence-corrected chi connectivity index (χ2v) is 7.94. The first-order valence-corrected chi connectivity index (χ1v) is 8.66. The number of aromatic nitrogens is 1. The summed E-state index contributed by atoms with van der Waals surface area (Å²) in [6, 6.07) is 1.12. The third-order valence-electron chi connectivity index (χ3n) is 3.69. The van der Waals surface area contributed by atoms with Gasteiger partial charge in [0.15, 0.2) is 0 Å². The molecule has 1 aliphatic carbocycles. The molecule has 7 heteroatoms. The first-order chi connectivity index (χ1) is 9.96. The number of hydrogen-bond acceptors (Lipinski definition) is 3. The average Bonchev–Trinajstić information content (AvgIpc) is 3.18. The first kappa shape index (κ1) is 14.8. The topological polar surface area (TPSA) is 50.3 Å². The van der Waals surface area contributed by atoms with Gasteiger partial charge in [0.25, 0.3) is 0 Å². The van der Waals surface area contributed by atoms with E-state index in [-0.39, 0.29) is 21.9 Å². The summed E-state index contributed by atoms with van der Waals surface area (Å²) < 4.78 is 39.3. The third kappa shape index (κ3) is 3.20. The lowest BCUT2D eigenvalue weighted by molar-refractivity contribution is 0.470. The Bertz CT molecular complexity index is 722. The lowest BCUT2D eigenvalue weighted by Gasteiger charge is -2.14. The molecule has 0 amide bonds. The van der Waals surface area contributed by atoms with Crippen LogP contribution in [0.4, 0.5) is 4.39 Å². The van der Waals surface area contributed by atoms with Crippen molar-refractivity contribution in [1.29, 1.82) is 0 Å². The lowest BCUT2D eigenvalue weighted by atomic mass is 10.1. The van der Waals surface area contributed by atoms with Crippen molar-refractivity contribution in [2.24, 2.45) is 5.92 Å². The average molecular weight is 329 g/mol. The summed E-state index contributed by atoms with van der Waals surface area (Å²) >= 11 is 5.58. The number of nitrogens with zero attached hydrogens (tertiary/aromatic N) is 2. The highest BCUT2D eigenvalue weighted by atomic mass is 35.5. The summed E-state index contributed by atoms with van der Waals surface area (Å²) in [7, 11) is -3.13. The van der Waals surface area contributed by atoms with E-state index in [1.54, 1.807) is 0 Å². The van der Waals surface area contributed by atoms with Crippen LogP contribution >= 0.6 is 11.6 Å². The van der Waals surface area contributed by atoms with Crippen LogP contribution in [0.25, 0.3) is 0 Å². The SMILES string of the molecule is O=S(=O)(C1CC1)N1CCC(C#Cc2cnc(Cl)cc2F)C1. The molecule has 0 spiro atoms. The number of sulfonamides is 1. The van der Waals surface area contributed by atoms with Crippen LogP contribution in [0, 0.1) is 23.6 Å². The van der Waals surface area contributed by atoms with Crippen LogP contribution in [-0.2, 0) is 10.0 Å². The van der Waals surface area contributed by atoms with E-state index >= 15 is 0 Å². The molecule has 4 nitrogen and oxygen atoms in total. The molecule has 2 aliphatic rings. The van der Waals surface area contributed by atoms with Crippen molar-refractivity contribution in [1.82, 2.24) is 9.29 Å². The molecule has 112 valence electrons. The minimum atomic E-state index is -3.13. The molecule has 0 bridgehead atoms. The maximum Gasteiger partial charge on any atom is 0.217 e. The van der Waals surface area contributed by atoms with E-state index in [1.807, 2.05) is 0 Å². The fraction of sp³-hybridized carbons (Fsp3) is 0.500. The number of hydrogen-bond donors (Lipinski definition) is 0. The number of rotatable bonds is 2. The molecule has 1 saturated heterocycles. The Kier molecular flexibility index (Phi) is 3.91. The van der Waals surface area contributed by atoms with Crippen molar-refractivity contribution >= 4 is 21.6 Å². The molecule has 1 aromatic heterocycles. The molecule has 0 aromatic carbocycles. The van der Waals surface area contributed by atoms with E-state index in [2.05, 4.69) is 16.8 Å². The minimum absolute atomic E-state index is 0.0615. The molecule has 21 heavy (non-hydrogen) atoms. The zero-order chi connectivity index (χ0) is 15.0. The quantitative estimate of drug-likeness (QED) is 0.616. The van der Waals surface area contributed by atoms with E-state index in [1.165, 1.54) is 10.5 Å². The Balaban J connectivity index is 1.69. The standard InChI is InChI=1S/C14H14ClFN2O2S/c15-14-7-13(16)11(8-17-14)2-1-10-5-6-18(9-10)21(19,20)12-3-4-12/h7-8,10,12H,3-6,9H2. The van der Waals surface area contributed by atoms with Gasteiger partial charge in [-0.1, -0.05) is 23.4 Å².